The zero-order valence-corrected chi connectivity index (χ0v) is 20.2. The van der Waals surface area contributed by atoms with Gasteiger partial charge in [-0.3, -0.25) is 9.59 Å². The van der Waals surface area contributed by atoms with E-state index >= 15 is 0 Å². The van der Waals surface area contributed by atoms with Crippen molar-refractivity contribution in [2.24, 2.45) is 0 Å². The molecule has 0 aliphatic carbocycles. The van der Waals surface area contributed by atoms with E-state index in [4.69, 9.17) is 4.74 Å². The number of anilines is 2. The molecule has 0 fully saturated rings. The van der Waals surface area contributed by atoms with E-state index in [-0.39, 0.29) is 17.5 Å². The van der Waals surface area contributed by atoms with Crippen LogP contribution in [0.2, 0.25) is 0 Å². The topological polar surface area (TPSA) is 58.6 Å². The lowest BCUT2D eigenvalue weighted by Crippen LogP contribution is -2.32. The van der Waals surface area contributed by atoms with E-state index in [2.05, 4.69) is 12.2 Å². The Labute approximate surface area is 204 Å². The van der Waals surface area contributed by atoms with Crippen molar-refractivity contribution >= 4 is 35.0 Å². The summed E-state index contributed by atoms with van der Waals surface area (Å²) in [5.41, 5.74) is 2.65. The number of thioether (sulfide) groups is 1. The van der Waals surface area contributed by atoms with Crippen LogP contribution in [0.5, 0.6) is 5.75 Å². The summed E-state index contributed by atoms with van der Waals surface area (Å²) >= 11 is 1.29. The molecule has 0 spiro atoms. The third kappa shape index (κ3) is 5.18. The molecular formula is C28H28N2O3S. The van der Waals surface area contributed by atoms with Crippen molar-refractivity contribution in [3.8, 4) is 5.75 Å². The molecule has 174 valence electrons. The molecule has 0 saturated heterocycles. The highest BCUT2D eigenvalue weighted by atomic mass is 32.2. The summed E-state index contributed by atoms with van der Waals surface area (Å²) in [5.74, 6) is -0.0897. The van der Waals surface area contributed by atoms with Crippen molar-refractivity contribution in [1.82, 2.24) is 0 Å². The first-order valence-corrected chi connectivity index (χ1v) is 12.4. The number of ether oxygens (including phenoxy) is 1. The third-order valence-corrected chi connectivity index (χ3v) is 6.56. The molecule has 0 radical (unpaired) electrons. The molecule has 5 nitrogen and oxygen atoms in total. The van der Waals surface area contributed by atoms with Crippen LogP contribution in [-0.2, 0) is 16.0 Å². The summed E-state index contributed by atoms with van der Waals surface area (Å²) in [4.78, 5) is 29.6. The number of hydrogen-bond acceptors (Lipinski definition) is 5. The molecule has 2 amide bonds. The van der Waals surface area contributed by atoms with Crippen molar-refractivity contribution in [3.05, 3.63) is 95.0 Å². The van der Waals surface area contributed by atoms with Crippen molar-refractivity contribution in [3.63, 3.8) is 0 Å². The number of nitrogens with zero attached hydrogens (tertiary/aromatic N) is 1. The molecule has 0 bridgehead atoms. The summed E-state index contributed by atoms with van der Waals surface area (Å²) in [6.07, 6.45) is 3.20. The van der Waals surface area contributed by atoms with Gasteiger partial charge in [0.2, 0.25) is 0 Å². The minimum atomic E-state index is -0.379. The lowest BCUT2D eigenvalue weighted by Gasteiger charge is -2.16. The Morgan fingerprint density at radius 2 is 1.56 bits per heavy atom. The van der Waals surface area contributed by atoms with E-state index in [1.807, 2.05) is 85.8 Å². The average molecular weight is 473 g/mol. The maximum absolute atomic E-state index is 13.6. The molecule has 0 unspecified atom stereocenters. The number of unbranched alkanes of at least 4 members (excludes halogenated alkanes) is 1. The minimum Gasteiger partial charge on any atom is -0.492 e. The monoisotopic (exact) mass is 472 g/mol. The van der Waals surface area contributed by atoms with Crippen LogP contribution in [0.3, 0.4) is 0 Å². The number of aryl methyl sites for hydroxylation is 1. The maximum atomic E-state index is 13.6. The molecule has 0 saturated carbocycles. The molecule has 1 aliphatic rings. The van der Waals surface area contributed by atoms with Crippen LogP contribution in [0, 0.1) is 0 Å². The SMILES string of the molecule is CCCCc1ccc(N2C(=O)C(Nc3ccccc3OCC)=C(Sc3ccccc3)C2=O)cc1. The minimum absolute atomic E-state index is 0.251. The van der Waals surface area contributed by atoms with Gasteiger partial charge in [-0.2, -0.15) is 0 Å². The van der Waals surface area contributed by atoms with Crippen molar-refractivity contribution < 1.29 is 14.3 Å². The molecule has 3 aromatic carbocycles. The Hall–Kier alpha value is -3.51. The van der Waals surface area contributed by atoms with Gasteiger partial charge in [-0.25, -0.2) is 4.90 Å². The summed E-state index contributed by atoms with van der Waals surface area (Å²) in [6, 6.07) is 24.7. The number of nitrogens with one attached hydrogen (secondary N) is 1. The van der Waals surface area contributed by atoms with Gasteiger partial charge in [0.15, 0.2) is 0 Å². The van der Waals surface area contributed by atoms with Crippen LogP contribution in [-0.4, -0.2) is 18.4 Å². The Morgan fingerprint density at radius 1 is 0.853 bits per heavy atom. The van der Waals surface area contributed by atoms with Crippen LogP contribution in [0.15, 0.2) is 94.4 Å². The lowest BCUT2D eigenvalue weighted by molar-refractivity contribution is -0.120. The van der Waals surface area contributed by atoms with E-state index in [9.17, 15) is 9.59 Å². The molecule has 1 aliphatic heterocycles. The fraction of sp³-hybridized carbons (Fsp3) is 0.214. The Morgan fingerprint density at radius 3 is 2.26 bits per heavy atom. The quantitative estimate of drug-likeness (QED) is 0.345. The van der Waals surface area contributed by atoms with Gasteiger partial charge < -0.3 is 10.1 Å². The predicted octanol–water partition coefficient (Wildman–Crippen LogP) is 6.42. The first kappa shape index (κ1) is 23.6. The molecule has 3 aromatic rings. The van der Waals surface area contributed by atoms with Crippen molar-refractivity contribution in [1.29, 1.82) is 0 Å². The summed E-state index contributed by atoms with van der Waals surface area (Å²) in [5, 5.41) is 3.21. The summed E-state index contributed by atoms with van der Waals surface area (Å²) < 4.78 is 5.72. The average Bonchev–Trinajstić information content (AvgIpc) is 3.09. The molecule has 34 heavy (non-hydrogen) atoms. The van der Waals surface area contributed by atoms with Crippen molar-refractivity contribution in [2.75, 3.05) is 16.8 Å². The third-order valence-electron chi connectivity index (χ3n) is 5.46. The number of imide groups is 1. The van der Waals surface area contributed by atoms with Crippen LogP contribution in [0.1, 0.15) is 32.3 Å². The van der Waals surface area contributed by atoms with Crippen LogP contribution >= 0.6 is 11.8 Å². The normalized spacial score (nSPS) is 13.5. The second-order valence-corrected chi connectivity index (χ2v) is 8.97. The van der Waals surface area contributed by atoms with E-state index in [1.165, 1.54) is 22.2 Å². The first-order valence-electron chi connectivity index (χ1n) is 11.6. The van der Waals surface area contributed by atoms with E-state index in [0.717, 1.165) is 24.2 Å². The van der Waals surface area contributed by atoms with E-state index in [1.54, 1.807) is 0 Å². The highest BCUT2D eigenvalue weighted by Crippen LogP contribution is 2.39. The van der Waals surface area contributed by atoms with Crippen molar-refractivity contribution in [2.45, 2.75) is 38.0 Å². The number of carbonyl (C=O) groups excluding carboxylic acids is 2. The van der Waals surface area contributed by atoms with Gasteiger partial charge in [0.25, 0.3) is 11.8 Å². The van der Waals surface area contributed by atoms with Gasteiger partial charge in [-0.15, -0.1) is 0 Å². The Bertz CT molecular complexity index is 1190. The van der Waals surface area contributed by atoms with Crippen LogP contribution in [0.25, 0.3) is 0 Å². The molecule has 1 heterocycles. The smallest absolute Gasteiger partial charge is 0.283 e. The number of amides is 2. The summed E-state index contributed by atoms with van der Waals surface area (Å²) in [6.45, 7) is 4.56. The zero-order chi connectivity index (χ0) is 23.9. The first-order chi connectivity index (χ1) is 16.6. The number of carbonyl (C=O) groups is 2. The van der Waals surface area contributed by atoms with Crippen LogP contribution in [0.4, 0.5) is 11.4 Å². The van der Waals surface area contributed by atoms with Gasteiger partial charge in [0.1, 0.15) is 16.4 Å². The number of rotatable bonds is 10. The Kier molecular flexibility index (Phi) is 7.70. The molecular weight excluding hydrogens is 444 g/mol. The second-order valence-electron chi connectivity index (χ2n) is 7.89. The predicted molar refractivity (Wildman–Crippen MR) is 138 cm³/mol. The molecule has 4 rings (SSSR count). The molecule has 1 N–H and O–H groups in total. The van der Waals surface area contributed by atoms with Gasteiger partial charge >= 0.3 is 0 Å². The Balaban J connectivity index is 1.69. The van der Waals surface area contributed by atoms with E-state index in [0.29, 0.717) is 28.6 Å². The largest absolute Gasteiger partial charge is 0.492 e. The standard InChI is InChI=1S/C28H28N2O3S/c1-3-5-11-20-16-18-21(19-17-20)30-27(31)25(29-23-14-9-10-15-24(23)33-4-2)26(28(30)32)34-22-12-7-6-8-13-22/h6-10,12-19,29H,3-5,11H2,1-2H3. The van der Waals surface area contributed by atoms with Gasteiger partial charge in [-0.1, -0.05) is 67.6 Å². The lowest BCUT2D eigenvalue weighted by atomic mass is 10.1. The fourth-order valence-corrected chi connectivity index (χ4v) is 4.68. The highest BCUT2D eigenvalue weighted by Gasteiger charge is 2.40. The molecule has 0 atom stereocenters. The molecule has 6 heteroatoms. The summed E-state index contributed by atoms with van der Waals surface area (Å²) in [7, 11) is 0. The molecule has 0 aromatic heterocycles. The highest BCUT2D eigenvalue weighted by molar-refractivity contribution is 8.04. The zero-order valence-electron chi connectivity index (χ0n) is 19.4. The van der Waals surface area contributed by atoms with E-state index < -0.39 is 0 Å². The second kappa shape index (κ2) is 11.1. The fourth-order valence-electron chi connectivity index (χ4n) is 3.73. The number of para-hydroxylation sites is 2. The number of hydrogen-bond donors (Lipinski definition) is 1. The number of benzene rings is 3. The van der Waals surface area contributed by atoms with Gasteiger partial charge in [0, 0.05) is 4.90 Å². The van der Waals surface area contributed by atoms with Gasteiger partial charge in [-0.05, 0) is 61.7 Å². The van der Waals surface area contributed by atoms with Crippen LogP contribution < -0.4 is 15.0 Å². The van der Waals surface area contributed by atoms with Gasteiger partial charge in [0.05, 0.1) is 18.0 Å². The maximum Gasteiger partial charge on any atom is 0.283 e.